The fraction of sp³-hybridized carbons (Fsp3) is 0.909. The Morgan fingerprint density at radius 1 is 0.483 bits per heavy atom. The molecular formula is C22H54N2O2Si2Zr. The van der Waals surface area contributed by atoms with Crippen molar-refractivity contribution < 1.29 is 35.1 Å². The van der Waals surface area contributed by atoms with E-state index in [9.17, 15) is 0 Å². The van der Waals surface area contributed by atoms with Gasteiger partial charge in [0.1, 0.15) is 0 Å². The Labute approximate surface area is 207 Å². The zero-order chi connectivity index (χ0) is 21.8. The number of nitrogens with zero attached hydrogens (tertiary/aromatic N) is 2. The molecule has 0 aromatic rings. The van der Waals surface area contributed by atoms with Gasteiger partial charge in [-0.2, -0.15) is 0 Å². The Morgan fingerprint density at radius 3 is 0.759 bits per heavy atom. The minimum atomic E-state index is -1.85. The summed E-state index contributed by atoms with van der Waals surface area (Å²) >= 11 is 0. The third-order valence-electron chi connectivity index (χ3n) is 2.32. The molecule has 0 radical (unpaired) electrons. The van der Waals surface area contributed by atoms with Crippen LogP contribution in [-0.4, -0.2) is 39.2 Å². The Morgan fingerprint density at radius 2 is 0.655 bits per heavy atom. The third-order valence-corrected chi connectivity index (χ3v) is 6.96. The first kappa shape index (κ1) is 40.5. The van der Waals surface area contributed by atoms with E-state index in [1.807, 2.05) is 0 Å². The van der Waals surface area contributed by atoms with Crippen LogP contribution in [0.15, 0.2) is 0 Å². The molecule has 0 heterocycles. The first-order valence-electron chi connectivity index (χ1n) is 9.71. The van der Waals surface area contributed by atoms with Crippen molar-refractivity contribution in [2.75, 3.05) is 0 Å². The minimum absolute atomic E-state index is 0. The van der Waals surface area contributed by atoms with Crippen LogP contribution in [0.4, 0.5) is 0 Å². The van der Waals surface area contributed by atoms with E-state index in [2.05, 4.69) is 109 Å². The van der Waals surface area contributed by atoms with Gasteiger partial charge in [-0.3, -0.25) is 0 Å². The van der Waals surface area contributed by atoms with E-state index >= 15 is 0 Å². The largest absolute Gasteiger partial charge is 4.00 e. The van der Waals surface area contributed by atoms with E-state index in [4.69, 9.17) is 18.8 Å². The molecule has 0 rings (SSSR count). The van der Waals surface area contributed by atoms with Gasteiger partial charge < -0.3 is 33.7 Å². The smallest absolute Gasteiger partial charge is 0.637 e. The molecule has 7 heteroatoms. The van der Waals surface area contributed by atoms with E-state index in [1.165, 1.54) is 0 Å². The van der Waals surface area contributed by atoms with Crippen molar-refractivity contribution in [2.24, 2.45) is 0 Å². The van der Waals surface area contributed by atoms with E-state index in [0.29, 0.717) is 0 Å². The van der Waals surface area contributed by atoms with Crippen molar-refractivity contribution in [2.45, 2.75) is 132 Å². The summed E-state index contributed by atoms with van der Waals surface area (Å²) in [5.74, 6) is 0. The van der Waals surface area contributed by atoms with Gasteiger partial charge in [-0.1, -0.05) is 67.7 Å². The van der Waals surface area contributed by atoms with Gasteiger partial charge in [0.2, 0.25) is 0 Å². The molecule has 29 heavy (non-hydrogen) atoms. The van der Waals surface area contributed by atoms with Crippen molar-refractivity contribution in [1.29, 1.82) is 0 Å². The summed E-state index contributed by atoms with van der Waals surface area (Å²) < 4.78 is 11.9. The SMILES string of the molecule is CC(C)(C)[N-][Si](C)(C)OC(C)(C)C.CC(C)(C)[N-][Si](C)(C)OC(C)(C)C.[CH3-].[CH3-].[Zr+4]. The van der Waals surface area contributed by atoms with Crippen LogP contribution in [0.25, 0.3) is 9.96 Å². The molecule has 0 amide bonds. The van der Waals surface area contributed by atoms with Gasteiger partial charge in [-0.25, -0.2) is 0 Å². The van der Waals surface area contributed by atoms with E-state index in [1.54, 1.807) is 0 Å². The summed E-state index contributed by atoms with van der Waals surface area (Å²) in [5.41, 5.74) is -0.128. The van der Waals surface area contributed by atoms with E-state index in [-0.39, 0.29) is 63.3 Å². The van der Waals surface area contributed by atoms with Gasteiger partial charge in [0.15, 0.2) is 0 Å². The van der Waals surface area contributed by atoms with Crippen molar-refractivity contribution in [1.82, 2.24) is 0 Å². The molecule has 0 aliphatic carbocycles. The van der Waals surface area contributed by atoms with Gasteiger partial charge in [-0.05, 0) is 41.5 Å². The second-order valence-corrected chi connectivity index (χ2v) is 18.5. The van der Waals surface area contributed by atoms with Crippen LogP contribution >= 0.6 is 0 Å². The molecule has 4 nitrogen and oxygen atoms in total. The Hall–Kier alpha value is 1.16. The third kappa shape index (κ3) is 34.0. The van der Waals surface area contributed by atoms with Crippen LogP contribution in [0.3, 0.4) is 0 Å². The van der Waals surface area contributed by atoms with E-state index in [0.717, 1.165) is 0 Å². The Bertz CT molecular complexity index is 340. The predicted molar refractivity (Wildman–Crippen MR) is 136 cm³/mol. The van der Waals surface area contributed by atoms with Crippen LogP contribution in [0.2, 0.25) is 26.2 Å². The number of hydrogen-bond donors (Lipinski definition) is 0. The molecule has 0 unspecified atom stereocenters. The van der Waals surface area contributed by atoms with Gasteiger partial charge >= 0.3 is 26.2 Å². The second kappa shape index (κ2) is 13.6. The summed E-state index contributed by atoms with van der Waals surface area (Å²) in [7, 11) is -3.70. The molecule has 0 atom stereocenters. The summed E-state index contributed by atoms with van der Waals surface area (Å²) in [5, 5.41) is 0. The predicted octanol–water partition coefficient (Wildman–Crippen LogP) is 8.25. The normalized spacial score (nSPS) is 13.2. The Kier molecular flexibility index (Phi) is 19.1. The maximum atomic E-state index is 5.97. The van der Waals surface area contributed by atoms with Crippen LogP contribution < -0.4 is 0 Å². The maximum absolute atomic E-state index is 5.97. The zero-order valence-electron chi connectivity index (χ0n) is 23.2. The van der Waals surface area contributed by atoms with Crippen molar-refractivity contribution in [3.63, 3.8) is 0 Å². The van der Waals surface area contributed by atoms with Crippen molar-refractivity contribution in [3.8, 4) is 0 Å². The van der Waals surface area contributed by atoms with Crippen LogP contribution in [-0.2, 0) is 35.1 Å². The molecule has 0 bridgehead atoms. The van der Waals surface area contributed by atoms with Crippen LogP contribution in [0.1, 0.15) is 83.1 Å². The molecule has 176 valence electrons. The van der Waals surface area contributed by atoms with Gasteiger partial charge in [-0.15, -0.1) is 11.1 Å². The zero-order valence-corrected chi connectivity index (χ0v) is 27.7. The second-order valence-electron chi connectivity index (χ2n) is 11.9. The molecule has 0 spiro atoms. The maximum Gasteiger partial charge on any atom is 4.00 e. The topological polar surface area (TPSA) is 46.7 Å². The summed E-state index contributed by atoms with van der Waals surface area (Å²) in [6, 6.07) is 0. The molecular weight excluding hydrogens is 472 g/mol. The first-order chi connectivity index (χ1) is 10.8. The average molecular weight is 526 g/mol. The number of hydrogen-bond acceptors (Lipinski definition) is 2. The average Bonchev–Trinajstić information content (AvgIpc) is 1.97. The monoisotopic (exact) mass is 524 g/mol. The van der Waals surface area contributed by atoms with Gasteiger partial charge in [0.05, 0.1) is 17.0 Å². The molecule has 0 saturated carbocycles. The molecule has 0 aromatic carbocycles. The standard InChI is InChI=1S/2C10H24NOSi.2CH3.Zr/c2*1-9(2,3)11-13(7,8)12-10(4,5)6;;;/h2*1-8H3;2*1H3;/q4*-1;+4. The fourth-order valence-electron chi connectivity index (χ4n) is 3.16. The van der Waals surface area contributed by atoms with Gasteiger partial charge in [0, 0.05) is 11.2 Å². The first-order valence-corrected chi connectivity index (χ1v) is 15.4. The summed E-state index contributed by atoms with van der Waals surface area (Å²) in [6.45, 7) is 33.8. The molecule has 0 aliphatic heterocycles. The Balaban J connectivity index is -0.000000120. The summed E-state index contributed by atoms with van der Waals surface area (Å²) in [6.07, 6.45) is 0. The van der Waals surface area contributed by atoms with Crippen molar-refractivity contribution in [3.05, 3.63) is 24.8 Å². The molecule has 0 aromatic heterocycles. The molecule has 0 saturated heterocycles. The molecule has 0 N–H and O–H groups in total. The van der Waals surface area contributed by atoms with Gasteiger partial charge in [0.25, 0.3) is 0 Å². The molecule has 0 fully saturated rings. The van der Waals surface area contributed by atoms with Crippen LogP contribution in [0.5, 0.6) is 0 Å². The quantitative estimate of drug-likeness (QED) is 0.274. The van der Waals surface area contributed by atoms with Crippen molar-refractivity contribution >= 4 is 17.0 Å². The van der Waals surface area contributed by atoms with Crippen LogP contribution in [0, 0.1) is 14.9 Å². The molecule has 0 aliphatic rings. The summed E-state index contributed by atoms with van der Waals surface area (Å²) in [4.78, 5) is 9.49. The minimum Gasteiger partial charge on any atom is -0.637 e. The number of rotatable bonds is 4. The van der Waals surface area contributed by atoms with E-state index < -0.39 is 17.0 Å². The fourth-order valence-corrected chi connectivity index (χ4v) is 9.48.